The van der Waals surface area contributed by atoms with Crippen LogP contribution in [0.5, 0.6) is 0 Å². The Morgan fingerprint density at radius 1 is 0.825 bits per heavy atom. The van der Waals surface area contributed by atoms with Gasteiger partial charge in [0, 0.05) is 0 Å². The molecule has 5 atom stereocenters. The van der Waals surface area contributed by atoms with E-state index in [0.29, 0.717) is 12.2 Å². The Labute approximate surface area is 241 Å². The van der Waals surface area contributed by atoms with Crippen molar-refractivity contribution in [1.82, 2.24) is 21.3 Å². The summed E-state index contributed by atoms with van der Waals surface area (Å²) in [6.45, 7) is 8.74. The molecule has 1 aromatic carbocycles. The number of carboxylic acid groups (broad SMARTS) is 1. The number of hydrogen-bond donors (Lipinski definition) is 6. The van der Waals surface area contributed by atoms with Crippen LogP contribution < -0.4 is 27.0 Å². The Morgan fingerprint density at radius 3 is 1.95 bits per heavy atom. The minimum absolute atomic E-state index is 0.0241. The number of benzene rings is 1. The van der Waals surface area contributed by atoms with Gasteiger partial charge in [-0.1, -0.05) is 58.0 Å². The van der Waals surface area contributed by atoms with Crippen molar-refractivity contribution < 1.29 is 29.1 Å². The minimum Gasteiger partial charge on any atom is -0.480 e. The molecule has 0 saturated heterocycles. The largest absolute Gasteiger partial charge is 0.480 e. The highest BCUT2D eigenvalue weighted by atomic mass is 32.2. The van der Waals surface area contributed by atoms with E-state index in [0.717, 1.165) is 5.56 Å². The summed E-state index contributed by atoms with van der Waals surface area (Å²) in [5.41, 5.74) is 6.96. The Morgan fingerprint density at radius 2 is 1.43 bits per heavy atom. The van der Waals surface area contributed by atoms with Gasteiger partial charge in [-0.25, -0.2) is 4.79 Å². The lowest BCUT2D eigenvalue weighted by Gasteiger charge is -2.27. The lowest BCUT2D eigenvalue weighted by atomic mass is 10.0. The molecule has 0 aliphatic rings. The zero-order valence-corrected chi connectivity index (χ0v) is 25.0. The van der Waals surface area contributed by atoms with Crippen molar-refractivity contribution >= 4 is 41.4 Å². The molecule has 224 valence electrons. The van der Waals surface area contributed by atoms with Gasteiger partial charge in [0.05, 0.1) is 6.04 Å². The summed E-state index contributed by atoms with van der Waals surface area (Å²) in [6.07, 6.45) is 2.66. The molecular weight excluding hydrogens is 534 g/mol. The molecule has 1 aromatic rings. The maximum Gasteiger partial charge on any atom is 0.326 e. The second-order valence-corrected chi connectivity index (χ2v) is 11.6. The molecule has 0 unspecified atom stereocenters. The van der Waals surface area contributed by atoms with E-state index in [4.69, 9.17) is 5.73 Å². The average Bonchev–Trinajstić information content (AvgIpc) is 2.88. The number of thioether (sulfide) groups is 1. The molecule has 0 bridgehead atoms. The summed E-state index contributed by atoms with van der Waals surface area (Å²) in [4.78, 5) is 63.2. The van der Waals surface area contributed by atoms with Crippen LogP contribution in [0.15, 0.2) is 30.3 Å². The molecule has 0 saturated carbocycles. The van der Waals surface area contributed by atoms with Gasteiger partial charge in [0.1, 0.15) is 24.2 Å². The van der Waals surface area contributed by atoms with Gasteiger partial charge in [0.2, 0.25) is 23.6 Å². The van der Waals surface area contributed by atoms with Crippen LogP contribution in [-0.4, -0.2) is 76.9 Å². The number of amides is 4. The van der Waals surface area contributed by atoms with E-state index in [1.165, 1.54) is 18.7 Å². The highest BCUT2D eigenvalue weighted by Gasteiger charge is 2.31. The van der Waals surface area contributed by atoms with Crippen LogP contribution in [0.3, 0.4) is 0 Å². The first kappa shape index (κ1) is 34.9. The minimum atomic E-state index is -1.15. The number of hydrogen-bond acceptors (Lipinski definition) is 7. The Bertz CT molecular complexity index is 991. The normalized spacial score (nSPS) is 14.9. The van der Waals surface area contributed by atoms with Crippen molar-refractivity contribution in [3.63, 3.8) is 0 Å². The van der Waals surface area contributed by atoms with Crippen molar-refractivity contribution in [2.75, 3.05) is 12.0 Å². The maximum atomic E-state index is 13.0. The van der Waals surface area contributed by atoms with Crippen LogP contribution in [-0.2, 0) is 30.4 Å². The lowest BCUT2D eigenvalue weighted by Crippen LogP contribution is -2.59. The zero-order chi connectivity index (χ0) is 30.4. The molecule has 12 heteroatoms. The van der Waals surface area contributed by atoms with Crippen molar-refractivity contribution in [3.05, 3.63) is 35.9 Å². The van der Waals surface area contributed by atoms with E-state index in [1.807, 2.05) is 50.4 Å². The van der Waals surface area contributed by atoms with E-state index in [9.17, 15) is 29.1 Å². The van der Waals surface area contributed by atoms with Crippen LogP contribution in [0.2, 0.25) is 0 Å². The van der Waals surface area contributed by atoms with Gasteiger partial charge in [-0.2, -0.15) is 11.8 Å². The third kappa shape index (κ3) is 12.4. The van der Waals surface area contributed by atoms with Gasteiger partial charge in [0.25, 0.3) is 0 Å². The molecular formula is C28H45N5O6S. The monoisotopic (exact) mass is 579 g/mol. The predicted molar refractivity (Wildman–Crippen MR) is 156 cm³/mol. The Balaban J connectivity index is 2.83. The molecule has 0 spiro atoms. The lowest BCUT2D eigenvalue weighted by molar-refractivity contribution is -0.142. The van der Waals surface area contributed by atoms with Gasteiger partial charge >= 0.3 is 5.97 Å². The highest BCUT2D eigenvalue weighted by molar-refractivity contribution is 7.98. The Kier molecular flexibility index (Phi) is 15.3. The number of carbonyl (C=O) groups is 5. The fraction of sp³-hybridized carbons (Fsp3) is 0.607. The second-order valence-electron chi connectivity index (χ2n) is 10.6. The molecule has 0 heterocycles. The third-order valence-electron chi connectivity index (χ3n) is 6.20. The van der Waals surface area contributed by atoms with E-state index in [2.05, 4.69) is 21.3 Å². The quantitative estimate of drug-likeness (QED) is 0.158. The fourth-order valence-electron chi connectivity index (χ4n) is 3.89. The van der Waals surface area contributed by atoms with Gasteiger partial charge in [-0.3, -0.25) is 19.2 Å². The molecule has 0 aliphatic heterocycles. The van der Waals surface area contributed by atoms with Crippen molar-refractivity contribution in [2.24, 2.45) is 17.6 Å². The van der Waals surface area contributed by atoms with Crippen molar-refractivity contribution in [2.45, 2.75) is 84.1 Å². The van der Waals surface area contributed by atoms with Crippen molar-refractivity contribution in [1.29, 1.82) is 0 Å². The summed E-state index contributed by atoms with van der Waals surface area (Å²) < 4.78 is 0. The third-order valence-corrected chi connectivity index (χ3v) is 6.84. The molecule has 7 N–H and O–H groups in total. The summed E-state index contributed by atoms with van der Waals surface area (Å²) in [7, 11) is 0. The van der Waals surface area contributed by atoms with E-state index < -0.39 is 59.8 Å². The topological polar surface area (TPSA) is 180 Å². The summed E-state index contributed by atoms with van der Waals surface area (Å²) in [6, 6.07) is 4.39. The summed E-state index contributed by atoms with van der Waals surface area (Å²) in [5.74, 6) is -3.14. The number of aliphatic carboxylic acids is 1. The number of rotatable bonds is 17. The number of carboxylic acids is 1. The molecule has 40 heavy (non-hydrogen) atoms. The summed E-state index contributed by atoms with van der Waals surface area (Å²) >= 11 is 1.47. The van der Waals surface area contributed by atoms with Gasteiger partial charge in [0.15, 0.2) is 0 Å². The van der Waals surface area contributed by atoms with E-state index >= 15 is 0 Å². The molecule has 11 nitrogen and oxygen atoms in total. The molecule has 0 aromatic heterocycles. The standard InChI is InChI=1S/C28H45N5O6S/c1-16(2)14-22(26(36)31-21(28(38)39)12-13-40-6)32-24(34)18(5)30-27(37)23(17(3)4)33-25(35)20(29)15-19-10-8-7-9-11-19/h7-11,16-18,20-23H,12-15,29H2,1-6H3,(H,30,37)(H,31,36)(H,32,34)(H,33,35)(H,38,39)/t18-,20-,21-,22-,23-/m0/s1. The first-order chi connectivity index (χ1) is 18.8. The molecule has 1 rings (SSSR count). The number of nitrogens with two attached hydrogens (primary N) is 1. The predicted octanol–water partition coefficient (Wildman–Crippen LogP) is 1.06. The average molecular weight is 580 g/mol. The maximum absolute atomic E-state index is 13.0. The van der Waals surface area contributed by atoms with E-state index in [1.54, 1.807) is 13.8 Å². The number of nitrogens with one attached hydrogen (secondary N) is 4. The summed E-state index contributed by atoms with van der Waals surface area (Å²) in [5, 5.41) is 19.9. The SMILES string of the molecule is CSCC[C@H](NC(=O)[C@H](CC(C)C)NC(=O)[C@H](C)NC(=O)[C@@H](NC(=O)[C@@H](N)Cc1ccccc1)C(C)C)C(=O)O. The van der Waals surface area contributed by atoms with Gasteiger partial charge < -0.3 is 32.1 Å². The smallest absolute Gasteiger partial charge is 0.326 e. The van der Waals surface area contributed by atoms with Gasteiger partial charge in [-0.15, -0.1) is 0 Å². The molecule has 4 amide bonds. The Hall–Kier alpha value is -3.12. The van der Waals surface area contributed by atoms with Crippen LogP contribution in [0, 0.1) is 11.8 Å². The van der Waals surface area contributed by atoms with Crippen LogP contribution in [0.1, 0.15) is 53.0 Å². The van der Waals surface area contributed by atoms with Crippen LogP contribution >= 0.6 is 11.8 Å². The fourth-order valence-corrected chi connectivity index (χ4v) is 4.36. The molecule has 0 fully saturated rings. The van der Waals surface area contributed by atoms with Crippen molar-refractivity contribution in [3.8, 4) is 0 Å². The second kappa shape index (κ2) is 17.5. The first-order valence-electron chi connectivity index (χ1n) is 13.5. The molecule has 0 aliphatic carbocycles. The first-order valence-corrected chi connectivity index (χ1v) is 14.9. The molecule has 0 radical (unpaired) electrons. The number of carbonyl (C=O) groups excluding carboxylic acids is 4. The van der Waals surface area contributed by atoms with Gasteiger partial charge in [-0.05, 0) is 55.6 Å². The van der Waals surface area contributed by atoms with Crippen LogP contribution in [0.25, 0.3) is 0 Å². The van der Waals surface area contributed by atoms with Crippen LogP contribution in [0.4, 0.5) is 0 Å². The van der Waals surface area contributed by atoms with E-state index in [-0.39, 0.29) is 24.7 Å². The zero-order valence-electron chi connectivity index (χ0n) is 24.2. The highest BCUT2D eigenvalue weighted by Crippen LogP contribution is 2.09.